The zero-order valence-electron chi connectivity index (χ0n) is 17.5. The first-order chi connectivity index (χ1) is 14.7. The minimum absolute atomic E-state index is 0.199. The van der Waals surface area contributed by atoms with Crippen LogP contribution in [0.2, 0.25) is 0 Å². The molecule has 2 aliphatic heterocycles. The van der Waals surface area contributed by atoms with Crippen molar-refractivity contribution in [1.29, 1.82) is 0 Å². The van der Waals surface area contributed by atoms with Crippen LogP contribution in [0.3, 0.4) is 0 Å². The van der Waals surface area contributed by atoms with Gasteiger partial charge in [0.25, 0.3) is 0 Å². The summed E-state index contributed by atoms with van der Waals surface area (Å²) in [5, 5.41) is 2.28. The standard InChI is InChI=1S/C23H29N5O2/c1-30-17-3-2-10-28(15-17)21(29)13-16-6-11-27(12-7-16)20-5-9-24-19-14-26-23-18(22(19)20)4-8-25-23/h4-5,8-9,14,16-17,24H,2-3,6-7,10-13,15H2,1H3. The Bertz CT molecular complexity index is 1040. The molecule has 0 bridgehead atoms. The molecular weight excluding hydrogens is 378 g/mol. The minimum Gasteiger partial charge on any atom is -0.380 e. The molecule has 2 saturated heterocycles. The molecule has 3 aromatic heterocycles. The number of pyridine rings is 2. The Hall–Kier alpha value is -2.67. The lowest BCUT2D eigenvalue weighted by molar-refractivity contribution is -0.135. The topological polar surface area (TPSA) is 74.3 Å². The van der Waals surface area contributed by atoms with Gasteiger partial charge in [-0.1, -0.05) is 0 Å². The van der Waals surface area contributed by atoms with Gasteiger partial charge < -0.3 is 19.5 Å². The van der Waals surface area contributed by atoms with Crippen LogP contribution in [0.4, 0.5) is 5.69 Å². The van der Waals surface area contributed by atoms with E-state index in [9.17, 15) is 4.79 Å². The van der Waals surface area contributed by atoms with Gasteiger partial charge in [0.1, 0.15) is 0 Å². The summed E-state index contributed by atoms with van der Waals surface area (Å²) < 4.78 is 5.47. The Morgan fingerprint density at radius 3 is 2.90 bits per heavy atom. The molecule has 0 spiro atoms. The number of fused-ring (bicyclic) bond motifs is 3. The number of hydrogen-bond acceptors (Lipinski definition) is 5. The average molecular weight is 408 g/mol. The number of hydrogen-bond donors (Lipinski definition) is 1. The Kier molecular flexibility index (Phi) is 5.29. The van der Waals surface area contributed by atoms with Gasteiger partial charge in [-0.2, -0.15) is 0 Å². The number of H-pyrrole nitrogens is 1. The lowest BCUT2D eigenvalue weighted by Gasteiger charge is -2.36. The fraction of sp³-hybridized carbons (Fsp3) is 0.522. The molecule has 0 saturated carbocycles. The first kappa shape index (κ1) is 19.3. The molecule has 158 valence electrons. The maximum atomic E-state index is 12.8. The number of anilines is 1. The summed E-state index contributed by atoms with van der Waals surface area (Å²) in [6.07, 6.45) is 10.7. The van der Waals surface area contributed by atoms with Crippen molar-refractivity contribution in [2.24, 2.45) is 5.92 Å². The van der Waals surface area contributed by atoms with E-state index in [1.807, 2.05) is 29.6 Å². The molecule has 3 aromatic rings. The van der Waals surface area contributed by atoms with Crippen molar-refractivity contribution in [2.45, 2.75) is 38.2 Å². The molecule has 5 rings (SSSR count). The summed E-state index contributed by atoms with van der Waals surface area (Å²) >= 11 is 0. The van der Waals surface area contributed by atoms with Gasteiger partial charge in [-0.3, -0.25) is 4.79 Å². The van der Waals surface area contributed by atoms with Gasteiger partial charge in [0.2, 0.25) is 5.91 Å². The number of likely N-dealkylation sites (tertiary alicyclic amines) is 1. The van der Waals surface area contributed by atoms with Gasteiger partial charge in [-0.15, -0.1) is 0 Å². The van der Waals surface area contributed by atoms with Gasteiger partial charge in [-0.25, -0.2) is 9.97 Å². The number of aromatic nitrogens is 3. The van der Waals surface area contributed by atoms with Crippen molar-refractivity contribution in [3.8, 4) is 0 Å². The van der Waals surface area contributed by atoms with Crippen LogP contribution in [0, 0.1) is 5.92 Å². The van der Waals surface area contributed by atoms with E-state index in [1.54, 1.807) is 7.11 Å². The zero-order valence-corrected chi connectivity index (χ0v) is 17.5. The van der Waals surface area contributed by atoms with Crippen molar-refractivity contribution >= 4 is 33.5 Å². The first-order valence-corrected chi connectivity index (χ1v) is 11.0. The van der Waals surface area contributed by atoms with Crippen molar-refractivity contribution in [3.63, 3.8) is 0 Å². The van der Waals surface area contributed by atoms with Crippen molar-refractivity contribution in [3.05, 3.63) is 30.7 Å². The van der Waals surface area contributed by atoms with E-state index >= 15 is 0 Å². The third kappa shape index (κ3) is 3.62. The molecule has 1 N–H and O–H groups in total. The van der Waals surface area contributed by atoms with Crippen LogP contribution in [0.5, 0.6) is 0 Å². The number of nitrogens with one attached hydrogen (secondary N) is 1. The lowest BCUT2D eigenvalue weighted by Crippen LogP contribution is -2.44. The van der Waals surface area contributed by atoms with E-state index in [4.69, 9.17) is 4.74 Å². The van der Waals surface area contributed by atoms with Gasteiger partial charge in [0.15, 0.2) is 5.65 Å². The summed E-state index contributed by atoms with van der Waals surface area (Å²) in [7, 11) is 1.74. The number of ether oxygens (including phenoxy) is 1. The Morgan fingerprint density at radius 2 is 2.07 bits per heavy atom. The molecule has 0 aliphatic carbocycles. The molecule has 5 heterocycles. The number of piperidine rings is 2. The molecule has 1 amide bonds. The Morgan fingerprint density at radius 1 is 1.20 bits per heavy atom. The number of methoxy groups -OCH3 is 1. The minimum atomic E-state index is 0.199. The molecule has 0 radical (unpaired) electrons. The van der Waals surface area contributed by atoms with Gasteiger partial charge in [0.05, 0.1) is 17.8 Å². The largest absolute Gasteiger partial charge is 0.380 e. The predicted octanol–water partition coefficient (Wildman–Crippen LogP) is 3.36. The second kappa shape index (κ2) is 8.22. The number of aromatic amines is 1. The third-order valence-corrected chi connectivity index (χ3v) is 6.75. The molecular formula is C23H29N5O2. The van der Waals surface area contributed by atoms with Crippen molar-refractivity contribution in [1.82, 2.24) is 19.9 Å². The number of amides is 1. The fourth-order valence-electron chi connectivity index (χ4n) is 5.01. The second-order valence-electron chi connectivity index (χ2n) is 8.57. The summed E-state index contributed by atoms with van der Waals surface area (Å²) in [4.78, 5) is 29.4. The van der Waals surface area contributed by atoms with Gasteiger partial charge >= 0.3 is 0 Å². The van der Waals surface area contributed by atoms with Crippen LogP contribution < -0.4 is 4.90 Å². The smallest absolute Gasteiger partial charge is 0.222 e. The molecule has 7 heteroatoms. The van der Waals surface area contributed by atoms with Crippen LogP contribution in [-0.2, 0) is 9.53 Å². The maximum Gasteiger partial charge on any atom is 0.222 e. The van der Waals surface area contributed by atoms with Gasteiger partial charge in [-0.05, 0) is 43.7 Å². The Labute approximate surface area is 176 Å². The van der Waals surface area contributed by atoms with Crippen LogP contribution in [-0.4, -0.2) is 65.2 Å². The average Bonchev–Trinajstić information content (AvgIpc) is 3.28. The number of carbonyl (C=O) groups is 1. The third-order valence-electron chi connectivity index (χ3n) is 6.75. The van der Waals surface area contributed by atoms with E-state index in [0.29, 0.717) is 18.2 Å². The lowest BCUT2D eigenvalue weighted by atomic mass is 9.92. The molecule has 0 aromatic carbocycles. The molecule has 2 fully saturated rings. The van der Waals surface area contributed by atoms with E-state index in [2.05, 4.69) is 25.9 Å². The molecule has 2 aliphatic rings. The normalized spacial score (nSPS) is 20.9. The first-order valence-electron chi connectivity index (χ1n) is 11.0. The zero-order chi connectivity index (χ0) is 20.5. The monoisotopic (exact) mass is 407 g/mol. The number of carbonyl (C=O) groups excluding carboxylic acids is 1. The van der Waals surface area contributed by atoms with Crippen LogP contribution in [0.15, 0.2) is 30.7 Å². The van der Waals surface area contributed by atoms with E-state index in [0.717, 1.165) is 68.4 Å². The molecule has 30 heavy (non-hydrogen) atoms. The maximum absolute atomic E-state index is 12.8. The highest BCUT2D eigenvalue weighted by atomic mass is 16.5. The highest BCUT2D eigenvalue weighted by Crippen LogP contribution is 2.34. The van der Waals surface area contributed by atoms with E-state index in [1.165, 1.54) is 11.1 Å². The molecule has 7 nitrogen and oxygen atoms in total. The number of rotatable bonds is 4. The SMILES string of the molecule is COC1CCCN(C(=O)CC2CCN(c3cc[nH]c4cnc5nccc5c34)CC2)C1. The Balaban J connectivity index is 1.26. The summed E-state index contributed by atoms with van der Waals surface area (Å²) in [6.45, 7) is 3.56. The molecule has 1 atom stereocenters. The van der Waals surface area contributed by atoms with Gasteiger partial charge in [0, 0.05) is 68.6 Å². The second-order valence-corrected chi connectivity index (χ2v) is 8.57. The summed E-state index contributed by atoms with van der Waals surface area (Å²) in [5.74, 6) is 0.756. The van der Waals surface area contributed by atoms with Crippen LogP contribution in [0.25, 0.3) is 21.9 Å². The van der Waals surface area contributed by atoms with E-state index in [-0.39, 0.29) is 6.10 Å². The van der Waals surface area contributed by atoms with Crippen molar-refractivity contribution < 1.29 is 9.53 Å². The van der Waals surface area contributed by atoms with Crippen LogP contribution >= 0.6 is 0 Å². The molecule has 1 unspecified atom stereocenters. The number of nitrogens with zero attached hydrogens (tertiary/aromatic N) is 4. The predicted molar refractivity (Wildman–Crippen MR) is 118 cm³/mol. The van der Waals surface area contributed by atoms with Crippen LogP contribution in [0.1, 0.15) is 32.1 Å². The summed E-state index contributed by atoms with van der Waals surface area (Å²) in [6, 6.07) is 4.19. The highest BCUT2D eigenvalue weighted by molar-refractivity contribution is 6.09. The van der Waals surface area contributed by atoms with Crippen molar-refractivity contribution in [2.75, 3.05) is 38.2 Å². The summed E-state index contributed by atoms with van der Waals surface area (Å²) in [5.41, 5.74) is 3.05. The van der Waals surface area contributed by atoms with E-state index < -0.39 is 0 Å². The highest BCUT2D eigenvalue weighted by Gasteiger charge is 2.28. The fourth-order valence-corrected chi connectivity index (χ4v) is 5.01. The quantitative estimate of drug-likeness (QED) is 0.718.